The van der Waals surface area contributed by atoms with E-state index in [1.165, 1.54) is 4.72 Å². The summed E-state index contributed by atoms with van der Waals surface area (Å²) in [5.41, 5.74) is 0. The van der Waals surface area contributed by atoms with Gasteiger partial charge in [-0.05, 0) is 6.42 Å². The minimum atomic E-state index is -3.97. The zero-order valence-electron chi connectivity index (χ0n) is 6.67. The van der Waals surface area contributed by atoms with Gasteiger partial charge in [-0.1, -0.05) is 0 Å². The van der Waals surface area contributed by atoms with Gasteiger partial charge in [-0.2, -0.15) is 12.7 Å². The number of hydrogen-bond donors (Lipinski definition) is 3. The number of nitrogens with one attached hydrogen (secondary N) is 1. The molecule has 1 saturated heterocycles. The van der Waals surface area contributed by atoms with Gasteiger partial charge in [-0.3, -0.25) is 0 Å². The zero-order valence-corrected chi connectivity index (χ0v) is 7.49. The molecule has 1 rings (SSSR count). The lowest BCUT2D eigenvalue weighted by Crippen LogP contribution is -2.42. The van der Waals surface area contributed by atoms with Crippen molar-refractivity contribution in [3.8, 4) is 0 Å². The molecule has 7 nitrogen and oxygen atoms in total. The number of hydrogen-bond acceptors (Lipinski definition) is 4. The number of amides is 1. The molecular weight excluding hydrogens is 200 g/mol. The minimum Gasteiger partial charge on any atom is -0.464 e. The maximum Gasteiger partial charge on any atom is 0.419 e. The van der Waals surface area contributed by atoms with Crippen LogP contribution >= 0.6 is 0 Å². The van der Waals surface area contributed by atoms with Crippen LogP contribution in [0.4, 0.5) is 4.79 Å². The van der Waals surface area contributed by atoms with E-state index in [1.54, 1.807) is 0 Å². The quantitative estimate of drug-likeness (QED) is 0.517. The lowest BCUT2D eigenvalue weighted by molar-refractivity contribution is 0.187. The average Bonchev–Trinajstić information content (AvgIpc) is 2.32. The monoisotopic (exact) mass is 210 g/mol. The Morgan fingerprint density at radius 1 is 1.54 bits per heavy atom. The van der Waals surface area contributed by atoms with Crippen molar-refractivity contribution in [2.75, 3.05) is 13.1 Å². The molecule has 1 fully saturated rings. The third-order valence-electron chi connectivity index (χ3n) is 1.68. The van der Waals surface area contributed by atoms with Crippen LogP contribution in [0.3, 0.4) is 0 Å². The topological polar surface area (TPSA) is 107 Å². The van der Waals surface area contributed by atoms with E-state index in [0.717, 1.165) is 4.31 Å². The molecule has 76 valence electrons. The Kier molecular flexibility index (Phi) is 2.74. The summed E-state index contributed by atoms with van der Waals surface area (Å²) in [4.78, 5) is 10.1. The summed E-state index contributed by atoms with van der Waals surface area (Å²) >= 11 is 0. The molecule has 0 bridgehead atoms. The molecule has 0 radical (unpaired) electrons. The van der Waals surface area contributed by atoms with Gasteiger partial charge in [0.2, 0.25) is 0 Å². The first kappa shape index (κ1) is 10.2. The number of β-amino-alcohol motifs (C(OH)–C–C–N with tert-alkyl or cyclic N) is 1. The maximum absolute atomic E-state index is 11.1. The van der Waals surface area contributed by atoms with E-state index < -0.39 is 22.4 Å². The van der Waals surface area contributed by atoms with Crippen molar-refractivity contribution in [1.82, 2.24) is 9.03 Å². The molecule has 1 unspecified atom stereocenters. The highest BCUT2D eigenvalue weighted by Crippen LogP contribution is 2.11. The van der Waals surface area contributed by atoms with Crippen molar-refractivity contribution >= 4 is 16.3 Å². The molecule has 1 amide bonds. The van der Waals surface area contributed by atoms with Gasteiger partial charge in [0.1, 0.15) is 0 Å². The first-order valence-corrected chi connectivity index (χ1v) is 5.04. The van der Waals surface area contributed by atoms with E-state index >= 15 is 0 Å². The number of carboxylic acid groups (broad SMARTS) is 1. The highest BCUT2D eigenvalue weighted by atomic mass is 32.2. The number of rotatable bonds is 2. The third kappa shape index (κ3) is 2.54. The van der Waals surface area contributed by atoms with Crippen molar-refractivity contribution in [2.24, 2.45) is 0 Å². The summed E-state index contributed by atoms with van der Waals surface area (Å²) in [6.07, 6.45) is -1.99. The molecule has 1 heterocycles. The first-order valence-electron chi connectivity index (χ1n) is 3.60. The van der Waals surface area contributed by atoms with Gasteiger partial charge in [0, 0.05) is 13.1 Å². The SMILES string of the molecule is O=C(O)NS(=O)(=O)N1CCC(O)C1. The van der Waals surface area contributed by atoms with E-state index in [4.69, 9.17) is 10.2 Å². The van der Waals surface area contributed by atoms with Crippen LogP contribution in [-0.4, -0.2) is 48.2 Å². The lowest BCUT2D eigenvalue weighted by atomic mass is 10.3. The molecule has 0 saturated carbocycles. The predicted octanol–water partition coefficient (Wildman–Crippen LogP) is -1.43. The van der Waals surface area contributed by atoms with Crippen LogP contribution in [0.25, 0.3) is 0 Å². The molecular formula is C5H10N2O5S. The molecule has 8 heteroatoms. The number of aliphatic hydroxyl groups is 1. The largest absolute Gasteiger partial charge is 0.464 e. The van der Waals surface area contributed by atoms with Gasteiger partial charge in [-0.25, -0.2) is 9.52 Å². The van der Waals surface area contributed by atoms with Crippen molar-refractivity contribution in [3.05, 3.63) is 0 Å². The fourth-order valence-corrected chi connectivity index (χ4v) is 2.17. The number of aliphatic hydroxyl groups excluding tert-OH is 1. The summed E-state index contributed by atoms with van der Waals surface area (Å²) < 4.78 is 24.5. The normalized spacial score (nSPS) is 24.5. The first-order chi connectivity index (χ1) is 5.92. The van der Waals surface area contributed by atoms with Crippen LogP contribution in [0.15, 0.2) is 0 Å². The fourth-order valence-electron chi connectivity index (χ4n) is 1.10. The smallest absolute Gasteiger partial charge is 0.419 e. The van der Waals surface area contributed by atoms with Crippen molar-refractivity contribution in [1.29, 1.82) is 0 Å². The van der Waals surface area contributed by atoms with Crippen LogP contribution in [0.5, 0.6) is 0 Å². The highest BCUT2D eigenvalue weighted by molar-refractivity contribution is 7.87. The van der Waals surface area contributed by atoms with Gasteiger partial charge in [0.25, 0.3) is 0 Å². The van der Waals surface area contributed by atoms with Crippen LogP contribution in [0.2, 0.25) is 0 Å². The van der Waals surface area contributed by atoms with Gasteiger partial charge >= 0.3 is 16.3 Å². The Morgan fingerprint density at radius 2 is 2.15 bits per heavy atom. The predicted molar refractivity (Wildman–Crippen MR) is 42.3 cm³/mol. The Bertz CT molecular complexity index is 300. The Labute approximate surface area is 75.1 Å². The molecule has 0 aromatic rings. The molecule has 0 aliphatic carbocycles. The van der Waals surface area contributed by atoms with Gasteiger partial charge in [0.05, 0.1) is 6.10 Å². The van der Waals surface area contributed by atoms with Crippen LogP contribution in [0, 0.1) is 0 Å². The number of carbonyl (C=O) groups is 1. The molecule has 13 heavy (non-hydrogen) atoms. The van der Waals surface area contributed by atoms with E-state index in [2.05, 4.69) is 0 Å². The maximum atomic E-state index is 11.1. The Morgan fingerprint density at radius 3 is 2.54 bits per heavy atom. The molecule has 1 aliphatic heterocycles. The Hall–Kier alpha value is -0.860. The number of nitrogens with zero attached hydrogens (tertiary/aromatic N) is 1. The van der Waals surface area contributed by atoms with Gasteiger partial charge in [0.15, 0.2) is 0 Å². The molecule has 0 aromatic carbocycles. The second kappa shape index (κ2) is 3.48. The summed E-state index contributed by atoms with van der Waals surface area (Å²) in [5, 5.41) is 17.2. The van der Waals surface area contributed by atoms with Gasteiger partial charge < -0.3 is 10.2 Å². The second-order valence-electron chi connectivity index (χ2n) is 2.71. The van der Waals surface area contributed by atoms with Crippen molar-refractivity contribution in [2.45, 2.75) is 12.5 Å². The van der Waals surface area contributed by atoms with Crippen LogP contribution in [0.1, 0.15) is 6.42 Å². The summed E-state index contributed by atoms with van der Waals surface area (Å²) in [6, 6.07) is 0. The van der Waals surface area contributed by atoms with Gasteiger partial charge in [-0.15, -0.1) is 0 Å². The molecule has 0 aromatic heterocycles. The second-order valence-corrected chi connectivity index (χ2v) is 4.38. The summed E-state index contributed by atoms with van der Waals surface area (Å²) in [5.74, 6) is 0. The standard InChI is InChI=1S/C5H10N2O5S/c8-4-1-2-7(3-4)13(11,12)6-5(9)10/h4,6,8H,1-3H2,(H,9,10). The fraction of sp³-hybridized carbons (Fsp3) is 0.800. The third-order valence-corrected chi connectivity index (χ3v) is 3.13. The molecule has 0 spiro atoms. The molecule has 3 N–H and O–H groups in total. The average molecular weight is 210 g/mol. The van der Waals surface area contributed by atoms with E-state index in [9.17, 15) is 13.2 Å². The zero-order chi connectivity index (χ0) is 10.1. The minimum absolute atomic E-state index is 0.0530. The molecule has 1 atom stereocenters. The van der Waals surface area contributed by atoms with Crippen LogP contribution < -0.4 is 4.72 Å². The van der Waals surface area contributed by atoms with Crippen molar-refractivity contribution in [3.63, 3.8) is 0 Å². The Balaban J connectivity index is 2.65. The van der Waals surface area contributed by atoms with Crippen molar-refractivity contribution < 1.29 is 23.4 Å². The highest BCUT2D eigenvalue weighted by Gasteiger charge is 2.31. The van der Waals surface area contributed by atoms with Crippen LogP contribution in [-0.2, 0) is 10.2 Å². The lowest BCUT2D eigenvalue weighted by Gasteiger charge is -2.14. The summed E-state index contributed by atoms with van der Waals surface area (Å²) in [7, 11) is -3.97. The molecule has 1 aliphatic rings. The van der Waals surface area contributed by atoms with E-state index in [0.29, 0.717) is 6.42 Å². The van der Waals surface area contributed by atoms with E-state index in [-0.39, 0.29) is 13.1 Å². The van der Waals surface area contributed by atoms with E-state index in [1.807, 2.05) is 0 Å². The summed E-state index contributed by atoms with van der Waals surface area (Å²) in [6.45, 7) is 0.0897.